The Bertz CT molecular complexity index is 4980. The van der Waals surface area contributed by atoms with Crippen LogP contribution in [0.4, 0.5) is 41.0 Å². The number of cyclic esters (lactones) is 2. The molecular formula is C96H155ClN10O42S. The van der Waals surface area contributed by atoms with Crippen LogP contribution in [0.25, 0.3) is 10.4 Å². The lowest BCUT2D eigenvalue weighted by Crippen LogP contribution is -2.50. The van der Waals surface area contributed by atoms with Gasteiger partial charge < -0.3 is 157 Å². The van der Waals surface area contributed by atoms with Gasteiger partial charge >= 0.3 is 29.9 Å². The number of ether oxygens (including phenoxy) is 22. The monoisotopic (exact) mass is 2190 g/mol. The van der Waals surface area contributed by atoms with Crippen molar-refractivity contribution >= 4 is 68.6 Å². The van der Waals surface area contributed by atoms with Crippen molar-refractivity contribution in [2.24, 2.45) is 54.2 Å². The standard InChI is InChI=1S/C18H26N2O8.C16H20N2O9.C15H22N2O8.C15H22O5S.C8H15N3O2.C8H17NO2.C8H16O3.C5H12O3.C3H5ClO2/c1-17(2)27-10-18(3,11-28-17)9-19-16(21)26-8-12-6-14(24-4)15(25-5)7-13(12)20(22)23;1-16(8-26-15(20)27-9-16)7-17-14(19)25-6-10-4-12(23-2)13(24-3)5-11(10)18(21)22;1-15(8-18,9-19)7-16-14(20)25-6-10-4-12(23-2)13(24-3)5-11(10)17(21)22;1-12-5-7-13(8-6-12)21(16,17)20-11-15(4)9-18-14(2,3)19-10-15;1-7(2)12-5-8(3,6-13-7)4-10-11-9;2*1-7(2)10-5-8(3,4-9)6-11-7;1-5(2-6,3-7)4-8;1-2-6-3(4)5/h6-7H,8-11H2,1-5H3,(H,19,21);4-5H,6-9H2,1-3H3,(H,17,19);4-5,18-19H,6-9H2,1-3H3,(H,16,20);5-8H,9-11H2,1-4H3;4-6H2,1-3H3;4-6,9H2,1-3H3;9H,4-6H2,1-3H3;6-8H,2-4H2,1H3;2H2,1H3. The number of benzene rings is 4. The number of aryl methyl sites for hydroxylation is 1. The smallest absolute Gasteiger partial charge is 0.493 e. The molecule has 6 aliphatic rings. The molecule has 6 aliphatic heterocycles. The average Bonchev–Trinajstić information content (AvgIpc) is 0.825. The van der Waals surface area contributed by atoms with Gasteiger partial charge in [0.15, 0.2) is 63.4 Å². The summed E-state index contributed by atoms with van der Waals surface area (Å²) in [5.41, 5.74) is 10.3. The molecule has 6 saturated heterocycles. The van der Waals surface area contributed by atoms with E-state index in [1.54, 1.807) is 52.0 Å². The minimum Gasteiger partial charge on any atom is -0.493 e. The number of hydrogen-bond acceptors (Lipinski definition) is 44. The van der Waals surface area contributed by atoms with E-state index in [0.717, 1.165) is 5.56 Å². The summed E-state index contributed by atoms with van der Waals surface area (Å²) in [5.74, 6) is -1.24. The zero-order chi connectivity index (χ0) is 114. The van der Waals surface area contributed by atoms with Crippen molar-refractivity contribution in [3.8, 4) is 34.5 Å². The van der Waals surface area contributed by atoms with Gasteiger partial charge in [-0.05, 0) is 119 Å². The number of nitrogens with one attached hydrogen (secondary N) is 3. The van der Waals surface area contributed by atoms with E-state index in [-0.39, 0.29) is 183 Å². The van der Waals surface area contributed by atoms with E-state index in [9.17, 15) is 62.7 Å². The van der Waals surface area contributed by atoms with E-state index >= 15 is 0 Å². The first-order valence-electron chi connectivity index (χ1n) is 46.9. The third kappa shape index (κ3) is 48.9. The number of azide groups is 1. The highest BCUT2D eigenvalue weighted by Gasteiger charge is 2.43. The number of rotatable bonds is 35. The maximum absolute atomic E-state index is 12.2. The van der Waals surface area contributed by atoms with Crippen LogP contribution in [-0.2, 0) is 110 Å². The number of hydrogen-bond donors (Lipinski definition) is 10. The van der Waals surface area contributed by atoms with Crippen LogP contribution < -0.4 is 50.1 Å². The summed E-state index contributed by atoms with van der Waals surface area (Å²) in [7, 11) is 4.52. The maximum atomic E-state index is 12.2. The van der Waals surface area contributed by atoms with Gasteiger partial charge in [0.2, 0.25) is 0 Å². The fourth-order valence-electron chi connectivity index (χ4n) is 11.7. The Morgan fingerprint density at radius 2 is 0.740 bits per heavy atom. The molecule has 10 rings (SSSR count). The van der Waals surface area contributed by atoms with Gasteiger partial charge in [-0.25, -0.2) is 24.0 Å². The number of carbonyl (C=O) groups excluding carboxylic acids is 5. The lowest BCUT2D eigenvalue weighted by atomic mass is 9.91. The van der Waals surface area contributed by atoms with Gasteiger partial charge in [0.25, 0.3) is 27.2 Å². The summed E-state index contributed by atoms with van der Waals surface area (Å²) in [6.07, 6.45) is -3.07. The van der Waals surface area contributed by atoms with Crippen LogP contribution in [0.1, 0.15) is 154 Å². The second-order valence-electron chi connectivity index (χ2n) is 40.5. The molecule has 0 aromatic heterocycles. The number of alkyl carbamates (subject to hydrolysis) is 3. The third-order valence-electron chi connectivity index (χ3n) is 22.6. The molecular weight excluding hydrogens is 2030 g/mol. The minimum absolute atomic E-state index is 0.00944. The number of nitrogens with two attached hydrogens (primary N) is 1. The summed E-state index contributed by atoms with van der Waals surface area (Å²) in [5, 5.41) is 97.4. The van der Waals surface area contributed by atoms with Gasteiger partial charge in [-0.1, -0.05) is 78.2 Å². The molecule has 0 bridgehead atoms. The van der Waals surface area contributed by atoms with E-state index in [2.05, 4.69) is 37.6 Å². The number of aliphatic hydroxyl groups excluding tert-OH is 6. The van der Waals surface area contributed by atoms with Crippen molar-refractivity contribution in [1.29, 1.82) is 0 Å². The van der Waals surface area contributed by atoms with Gasteiger partial charge in [0.05, 0.1) is 222 Å². The molecule has 54 heteroatoms. The van der Waals surface area contributed by atoms with Gasteiger partial charge in [-0.15, -0.1) is 0 Å². The van der Waals surface area contributed by atoms with Crippen LogP contribution in [0.3, 0.4) is 0 Å². The highest BCUT2D eigenvalue weighted by atomic mass is 35.5. The number of aliphatic hydroxyl groups is 6. The van der Waals surface area contributed by atoms with Crippen molar-refractivity contribution in [3.05, 3.63) is 124 Å². The number of amides is 3. The van der Waals surface area contributed by atoms with E-state index in [0.29, 0.717) is 91.5 Å². The van der Waals surface area contributed by atoms with E-state index < -0.39 is 111 Å². The molecule has 52 nitrogen and oxygen atoms in total. The van der Waals surface area contributed by atoms with Gasteiger partial charge in [-0.3, -0.25) is 34.5 Å². The summed E-state index contributed by atoms with van der Waals surface area (Å²) in [4.78, 5) is 91.0. The summed E-state index contributed by atoms with van der Waals surface area (Å²) >= 11 is 4.72. The maximum Gasteiger partial charge on any atom is 0.508 e. The summed E-state index contributed by atoms with van der Waals surface area (Å²) in [6, 6.07) is 14.3. The molecule has 3 amide bonds. The molecule has 854 valence electrons. The number of nitro groups is 3. The van der Waals surface area contributed by atoms with Crippen molar-refractivity contribution in [1.82, 2.24) is 16.0 Å². The van der Waals surface area contributed by atoms with Gasteiger partial charge in [0.1, 0.15) is 33.0 Å². The first kappa shape index (κ1) is 135. The molecule has 0 saturated carbocycles. The zero-order valence-electron chi connectivity index (χ0n) is 90.5. The van der Waals surface area contributed by atoms with Gasteiger partial charge in [-0.2, -0.15) is 8.42 Å². The summed E-state index contributed by atoms with van der Waals surface area (Å²) in [6.45, 7) is 42.2. The van der Waals surface area contributed by atoms with Crippen LogP contribution in [0.2, 0.25) is 0 Å². The molecule has 4 aromatic rings. The van der Waals surface area contributed by atoms with E-state index in [4.69, 9.17) is 157 Å². The Morgan fingerprint density at radius 1 is 0.453 bits per heavy atom. The normalized spacial score (nSPS) is 18.0. The first-order valence-corrected chi connectivity index (χ1v) is 48.7. The Balaban J connectivity index is 0.000000590. The molecule has 0 aliphatic carbocycles. The average molecular weight is 2190 g/mol. The number of nitro benzene ring substituents is 3. The molecule has 11 N–H and O–H groups in total. The molecule has 0 spiro atoms. The van der Waals surface area contributed by atoms with Crippen LogP contribution in [0.5, 0.6) is 34.5 Å². The largest absolute Gasteiger partial charge is 0.508 e. The Hall–Kier alpha value is -10.7. The molecule has 6 heterocycles. The Kier molecular flexibility index (Phi) is 55.8. The van der Waals surface area contributed by atoms with E-state index in [1.807, 2.05) is 104 Å². The van der Waals surface area contributed by atoms with Crippen molar-refractivity contribution in [2.75, 3.05) is 208 Å². The minimum atomic E-state index is -3.75. The topological polar surface area (TPSA) is 693 Å². The number of halogens is 1. The van der Waals surface area contributed by atoms with Crippen molar-refractivity contribution in [2.45, 2.75) is 192 Å². The molecule has 0 radical (unpaired) electrons. The Labute approximate surface area is 878 Å². The summed E-state index contributed by atoms with van der Waals surface area (Å²) < 4.78 is 144. The second-order valence-corrected chi connectivity index (χ2v) is 42.4. The first-order chi connectivity index (χ1) is 69.7. The lowest BCUT2D eigenvalue weighted by molar-refractivity contribution is -0.386. The highest BCUT2D eigenvalue weighted by molar-refractivity contribution is 7.86. The van der Waals surface area contributed by atoms with Crippen LogP contribution >= 0.6 is 11.6 Å². The Morgan fingerprint density at radius 3 is 1.01 bits per heavy atom. The predicted molar refractivity (Wildman–Crippen MR) is 538 cm³/mol. The lowest BCUT2D eigenvalue weighted by Gasteiger charge is -2.41. The molecule has 0 unspecified atom stereocenters. The fourth-order valence-corrected chi connectivity index (χ4v) is 12.8. The SMILES string of the molecule is CC(CO)(CO)CO.CC1(CN)COC(C)(C)OC1.CC1(CN=[N+]=[N-])COC(C)(C)OC1.CC1(CO)COC(C)(C)OC1.CCOC(=O)Cl.COc1cc(COC(=O)NCC(C)(CO)CO)c([N+](=O)[O-])cc1OC.COc1cc(COC(=O)NCC2(C)COC(=O)OC2)c([N+](=O)[O-])cc1OC.COc1cc(COC(=O)NCC2(C)COC(C)(C)OC2)c([N+](=O)[O-])cc1OC.Cc1ccc(S(=O)(=O)OCC2(C)COC(C)(C)OC2)cc1. The highest BCUT2D eigenvalue weighted by Crippen LogP contribution is 2.41. The van der Waals surface area contributed by atoms with Crippen LogP contribution in [0.15, 0.2) is 70.7 Å². The molecule has 0 atom stereocenters. The van der Waals surface area contributed by atoms with Crippen LogP contribution in [-0.4, -0.2) is 320 Å². The van der Waals surface area contributed by atoms with E-state index in [1.165, 1.54) is 79.1 Å². The number of nitrogens with zero attached hydrogens (tertiary/aromatic N) is 6. The zero-order valence-corrected chi connectivity index (χ0v) is 92.1. The van der Waals surface area contributed by atoms with Crippen molar-refractivity contribution < 1.29 is 186 Å². The molecule has 150 heavy (non-hydrogen) atoms. The number of methoxy groups -OCH3 is 6. The second kappa shape index (κ2) is 61.8. The van der Waals surface area contributed by atoms with Gasteiger partial charge in [0, 0.05) is 87.1 Å². The van der Waals surface area contributed by atoms with Crippen molar-refractivity contribution in [3.63, 3.8) is 0 Å². The fraction of sp³-hybridized carbons (Fsp3) is 0.698. The molecule has 4 aromatic carbocycles. The number of carbonyl (C=O) groups is 5. The van der Waals surface area contributed by atoms with Crippen LogP contribution in [0, 0.1) is 80.6 Å². The molecule has 6 fully saturated rings. The quantitative estimate of drug-likeness (QED) is 0.00235. The third-order valence-corrected chi connectivity index (χ3v) is 24.0. The predicted octanol–water partition coefficient (Wildman–Crippen LogP) is 11.9.